The molecule has 0 unspecified atom stereocenters. The van der Waals surface area contributed by atoms with Crippen LogP contribution < -0.4 is 5.32 Å². The first-order valence-corrected chi connectivity index (χ1v) is 9.52. The van der Waals surface area contributed by atoms with Gasteiger partial charge in [0.1, 0.15) is 5.76 Å². The number of carbonyl (C=O) groups is 1. The molecular formula is C22H19N5O2. The average Bonchev–Trinajstić information content (AvgIpc) is 3.23. The molecule has 0 saturated heterocycles. The molecule has 0 radical (unpaired) electrons. The van der Waals surface area contributed by atoms with Crippen LogP contribution in [0.3, 0.4) is 0 Å². The van der Waals surface area contributed by atoms with E-state index >= 15 is 0 Å². The molecule has 0 amide bonds. The van der Waals surface area contributed by atoms with Crippen LogP contribution in [-0.4, -0.2) is 25.7 Å². The predicted octanol–water partition coefficient (Wildman–Crippen LogP) is 4.29. The van der Waals surface area contributed by atoms with E-state index in [0.29, 0.717) is 36.0 Å². The Hall–Kier alpha value is -3.61. The van der Waals surface area contributed by atoms with E-state index in [-0.39, 0.29) is 11.7 Å². The standard InChI is InChI=1S/C22H19N5O2/c1-12-5-3-6-15-13(2)24-22(26-20(12)15)27-21-23-11-16-17(25-21)9-14(10-18(16)28)19-7-4-8-29-19/h3-8,11,14H,9-10H2,1-2H3,(H,23,24,25,26,27)/t14-/m1/s1. The topological polar surface area (TPSA) is 93.8 Å². The van der Waals surface area contributed by atoms with Crippen molar-refractivity contribution >= 4 is 28.6 Å². The Balaban J connectivity index is 1.48. The van der Waals surface area contributed by atoms with Gasteiger partial charge in [0.05, 0.1) is 28.7 Å². The molecule has 0 bridgehead atoms. The summed E-state index contributed by atoms with van der Waals surface area (Å²) in [6, 6.07) is 9.77. The van der Waals surface area contributed by atoms with E-state index in [1.165, 1.54) is 0 Å². The zero-order chi connectivity index (χ0) is 20.0. The monoisotopic (exact) mass is 385 g/mol. The van der Waals surface area contributed by atoms with E-state index in [2.05, 4.69) is 25.3 Å². The molecule has 144 valence electrons. The van der Waals surface area contributed by atoms with Crippen molar-refractivity contribution < 1.29 is 9.21 Å². The summed E-state index contributed by atoms with van der Waals surface area (Å²) < 4.78 is 5.50. The average molecular weight is 385 g/mol. The van der Waals surface area contributed by atoms with Crippen LogP contribution in [0.25, 0.3) is 10.9 Å². The first kappa shape index (κ1) is 17.5. The smallest absolute Gasteiger partial charge is 0.230 e. The summed E-state index contributed by atoms with van der Waals surface area (Å²) in [7, 11) is 0. The van der Waals surface area contributed by atoms with Crippen LogP contribution in [-0.2, 0) is 6.42 Å². The molecule has 4 aromatic rings. The van der Waals surface area contributed by atoms with Gasteiger partial charge in [0.15, 0.2) is 5.78 Å². The lowest BCUT2D eigenvalue weighted by Gasteiger charge is -2.21. The van der Waals surface area contributed by atoms with Crippen molar-refractivity contribution in [1.29, 1.82) is 0 Å². The van der Waals surface area contributed by atoms with Crippen LogP contribution in [0.1, 0.15) is 45.4 Å². The van der Waals surface area contributed by atoms with Crippen molar-refractivity contribution in [2.24, 2.45) is 0 Å². The van der Waals surface area contributed by atoms with Crippen molar-refractivity contribution in [2.45, 2.75) is 32.6 Å². The maximum absolute atomic E-state index is 12.5. The molecule has 1 aliphatic carbocycles. The minimum atomic E-state index is -0.00503. The van der Waals surface area contributed by atoms with Crippen molar-refractivity contribution in [3.63, 3.8) is 0 Å². The molecule has 1 aliphatic rings. The zero-order valence-corrected chi connectivity index (χ0v) is 16.1. The highest BCUT2D eigenvalue weighted by atomic mass is 16.3. The molecule has 1 N–H and O–H groups in total. The van der Waals surface area contributed by atoms with Crippen molar-refractivity contribution in [1.82, 2.24) is 19.9 Å². The number of nitrogens with one attached hydrogen (secondary N) is 1. The minimum absolute atomic E-state index is 0.00503. The van der Waals surface area contributed by atoms with Gasteiger partial charge in [0, 0.05) is 30.3 Å². The minimum Gasteiger partial charge on any atom is -0.469 e. The van der Waals surface area contributed by atoms with Crippen LogP contribution in [0.4, 0.5) is 11.9 Å². The molecule has 5 rings (SSSR count). The number of benzene rings is 1. The summed E-state index contributed by atoms with van der Waals surface area (Å²) in [5.41, 5.74) is 4.15. The van der Waals surface area contributed by atoms with Crippen molar-refractivity contribution in [3.05, 3.63) is 71.1 Å². The molecule has 1 atom stereocenters. The number of hydrogen-bond donors (Lipinski definition) is 1. The molecular weight excluding hydrogens is 366 g/mol. The molecule has 0 saturated carbocycles. The molecule has 1 aromatic carbocycles. The zero-order valence-electron chi connectivity index (χ0n) is 16.1. The Morgan fingerprint density at radius 1 is 1.03 bits per heavy atom. The van der Waals surface area contributed by atoms with Crippen LogP contribution >= 0.6 is 0 Å². The van der Waals surface area contributed by atoms with E-state index in [1.807, 2.05) is 44.2 Å². The van der Waals surface area contributed by atoms with Gasteiger partial charge in [-0.2, -0.15) is 0 Å². The molecule has 3 aromatic heterocycles. The van der Waals surface area contributed by atoms with E-state index in [1.54, 1.807) is 12.5 Å². The molecule has 7 nitrogen and oxygen atoms in total. The van der Waals surface area contributed by atoms with Crippen LogP contribution in [0.15, 0.2) is 47.2 Å². The number of Topliss-reactive ketones (excluding diaryl/α,β-unsaturated/α-hetero) is 1. The second kappa shape index (κ2) is 6.77. The fourth-order valence-electron chi connectivity index (χ4n) is 3.84. The largest absolute Gasteiger partial charge is 0.469 e. The van der Waals surface area contributed by atoms with Crippen LogP contribution in [0.5, 0.6) is 0 Å². The van der Waals surface area contributed by atoms with Gasteiger partial charge >= 0.3 is 0 Å². The van der Waals surface area contributed by atoms with Crippen LogP contribution in [0, 0.1) is 13.8 Å². The number of hydrogen-bond acceptors (Lipinski definition) is 7. The summed E-state index contributed by atoms with van der Waals surface area (Å²) in [4.78, 5) is 30.6. The Morgan fingerprint density at radius 2 is 1.93 bits per heavy atom. The van der Waals surface area contributed by atoms with Gasteiger partial charge in [0.25, 0.3) is 0 Å². The lowest BCUT2D eigenvalue weighted by molar-refractivity contribution is 0.0958. The second-order valence-electron chi connectivity index (χ2n) is 7.33. The number of rotatable bonds is 3. The number of anilines is 2. The SMILES string of the molecule is Cc1nc(Nc2ncc3c(n2)C[C@@H](c2ccco2)CC3=O)nc2c(C)cccc12. The number of fused-ring (bicyclic) bond motifs is 2. The van der Waals surface area contributed by atoms with Gasteiger partial charge in [-0.15, -0.1) is 0 Å². The van der Waals surface area contributed by atoms with Gasteiger partial charge in [-0.1, -0.05) is 18.2 Å². The Bertz CT molecular complexity index is 1230. The Labute approximate surface area is 167 Å². The number of para-hydroxylation sites is 1. The molecule has 3 heterocycles. The van der Waals surface area contributed by atoms with Crippen molar-refractivity contribution in [3.8, 4) is 0 Å². The predicted molar refractivity (Wildman–Crippen MR) is 108 cm³/mol. The first-order valence-electron chi connectivity index (χ1n) is 9.52. The number of aryl methyl sites for hydroxylation is 2. The third-order valence-electron chi connectivity index (χ3n) is 5.33. The molecule has 0 fully saturated rings. The summed E-state index contributed by atoms with van der Waals surface area (Å²) in [5.74, 6) is 1.65. The molecule has 7 heteroatoms. The first-order chi connectivity index (χ1) is 14.1. The molecule has 0 spiro atoms. The highest BCUT2D eigenvalue weighted by molar-refractivity contribution is 5.98. The number of ketones is 1. The molecule has 29 heavy (non-hydrogen) atoms. The number of carbonyl (C=O) groups excluding carboxylic acids is 1. The van der Waals surface area contributed by atoms with Gasteiger partial charge in [-0.3, -0.25) is 10.1 Å². The summed E-state index contributed by atoms with van der Waals surface area (Å²) in [5, 5.41) is 4.12. The van der Waals surface area contributed by atoms with Crippen LogP contribution in [0.2, 0.25) is 0 Å². The Morgan fingerprint density at radius 3 is 2.76 bits per heavy atom. The maximum atomic E-state index is 12.5. The van der Waals surface area contributed by atoms with Gasteiger partial charge in [0.2, 0.25) is 11.9 Å². The summed E-state index contributed by atoms with van der Waals surface area (Å²) >= 11 is 0. The number of furan rings is 1. The van der Waals surface area contributed by atoms with Gasteiger partial charge in [-0.25, -0.2) is 19.9 Å². The second-order valence-corrected chi connectivity index (χ2v) is 7.33. The lowest BCUT2D eigenvalue weighted by Crippen LogP contribution is -2.21. The number of nitrogens with zero attached hydrogens (tertiary/aromatic N) is 4. The molecule has 0 aliphatic heterocycles. The van der Waals surface area contributed by atoms with E-state index in [4.69, 9.17) is 4.42 Å². The van der Waals surface area contributed by atoms with Crippen molar-refractivity contribution in [2.75, 3.05) is 5.32 Å². The number of aromatic nitrogens is 4. The lowest BCUT2D eigenvalue weighted by atomic mass is 9.85. The highest BCUT2D eigenvalue weighted by Crippen LogP contribution is 2.32. The quantitative estimate of drug-likeness (QED) is 0.562. The fourth-order valence-corrected chi connectivity index (χ4v) is 3.84. The van der Waals surface area contributed by atoms with E-state index < -0.39 is 0 Å². The van der Waals surface area contributed by atoms with E-state index in [0.717, 1.165) is 27.9 Å². The third kappa shape index (κ3) is 3.14. The highest BCUT2D eigenvalue weighted by Gasteiger charge is 2.29. The summed E-state index contributed by atoms with van der Waals surface area (Å²) in [6.45, 7) is 3.98. The van der Waals surface area contributed by atoms with Gasteiger partial charge < -0.3 is 4.42 Å². The fraction of sp³-hybridized carbons (Fsp3) is 0.227. The third-order valence-corrected chi connectivity index (χ3v) is 5.33. The Kier molecular flexibility index (Phi) is 4.08. The van der Waals surface area contributed by atoms with E-state index in [9.17, 15) is 4.79 Å². The maximum Gasteiger partial charge on any atom is 0.230 e. The summed E-state index contributed by atoms with van der Waals surface area (Å²) in [6.07, 6.45) is 4.25. The normalized spacial score (nSPS) is 16.1. The van der Waals surface area contributed by atoms with Gasteiger partial charge in [-0.05, 0) is 31.5 Å².